The van der Waals surface area contributed by atoms with Crippen LogP contribution < -0.4 is 15.5 Å². The largest absolute Gasteiger partial charge is 0.368 e. The Morgan fingerprint density at radius 2 is 1.97 bits per heavy atom. The number of anilines is 3. The number of halogens is 1. The summed E-state index contributed by atoms with van der Waals surface area (Å²) in [5.74, 6) is -0.461. The average molecular weight is 461 g/mol. The van der Waals surface area contributed by atoms with Crippen molar-refractivity contribution in [1.82, 2.24) is 24.5 Å². The molecule has 1 saturated heterocycles. The molecule has 0 spiro atoms. The number of pyridine rings is 1. The van der Waals surface area contributed by atoms with Crippen LogP contribution in [0.4, 0.5) is 21.6 Å². The minimum absolute atomic E-state index is 0.226. The number of fused-ring (bicyclic) bond motifs is 2. The fourth-order valence-electron chi connectivity index (χ4n) is 4.75. The first-order chi connectivity index (χ1) is 16.2. The molecule has 1 fully saturated rings. The number of piperazine rings is 1. The lowest BCUT2D eigenvalue weighted by molar-refractivity contribution is 0.0927. The number of aromatic nitrogens is 4. The van der Waals surface area contributed by atoms with Crippen LogP contribution in [0.15, 0.2) is 30.6 Å². The number of carbonyl (C=O) groups is 1. The van der Waals surface area contributed by atoms with E-state index in [4.69, 9.17) is 0 Å². The molecule has 1 aliphatic rings. The van der Waals surface area contributed by atoms with Crippen LogP contribution in [0.5, 0.6) is 0 Å². The highest BCUT2D eigenvalue weighted by atomic mass is 19.1. The fourth-order valence-corrected chi connectivity index (χ4v) is 4.75. The smallest absolute Gasteiger partial charge is 0.244 e. The van der Waals surface area contributed by atoms with Crippen LogP contribution in [-0.2, 0) is 0 Å². The maximum Gasteiger partial charge on any atom is 0.244 e. The van der Waals surface area contributed by atoms with Gasteiger partial charge in [0.2, 0.25) is 5.91 Å². The third-order valence-corrected chi connectivity index (χ3v) is 6.00. The van der Waals surface area contributed by atoms with E-state index >= 15 is 0 Å². The van der Waals surface area contributed by atoms with Gasteiger partial charge in [0.05, 0.1) is 27.8 Å². The molecule has 1 aliphatic heterocycles. The normalized spacial score (nSPS) is 18.4. The van der Waals surface area contributed by atoms with Gasteiger partial charge in [-0.25, -0.2) is 9.37 Å². The summed E-state index contributed by atoms with van der Waals surface area (Å²) in [6.45, 7) is 9.01. The van der Waals surface area contributed by atoms with E-state index in [1.165, 1.54) is 17.7 Å². The summed E-state index contributed by atoms with van der Waals surface area (Å²) in [4.78, 5) is 18.8. The number of imidazole rings is 1. The molecule has 10 heteroatoms. The van der Waals surface area contributed by atoms with E-state index in [9.17, 15) is 14.4 Å². The van der Waals surface area contributed by atoms with Gasteiger partial charge in [-0.2, -0.15) is 9.94 Å². The Balaban J connectivity index is 1.63. The molecule has 0 saturated carbocycles. The maximum atomic E-state index is 14.6. The predicted molar refractivity (Wildman–Crippen MR) is 128 cm³/mol. The quantitative estimate of drug-likeness (QED) is 0.482. The van der Waals surface area contributed by atoms with Crippen molar-refractivity contribution in [3.05, 3.63) is 47.7 Å². The molecule has 4 aromatic rings. The number of nitriles is 1. The lowest BCUT2D eigenvalue weighted by Gasteiger charge is -2.37. The highest BCUT2D eigenvalue weighted by Gasteiger charge is 2.25. The summed E-state index contributed by atoms with van der Waals surface area (Å²) in [6, 6.07) is 7.88. The van der Waals surface area contributed by atoms with E-state index in [1.807, 2.05) is 12.1 Å². The van der Waals surface area contributed by atoms with Crippen LogP contribution in [0, 0.1) is 24.1 Å². The van der Waals surface area contributed by atoms with Crippen LogP contribution in [0.2, 0.25) is 0 Å². The molecule has 0 radical (unpaired) electrons. The third-order valence-electron chi connectivity index (χ3n) is 6.00. The zero-order chi connectivity index (χ0) is 24.1. The van der Waals surface area contributed by atoms with Gasteiger partial charge < -0.3 is 19.9 Å². The zero-order valence-corrected chi connectivity index (χ0v) is 19.4. The van der Waals surface area contributed by atoms with Crippen LogP contribution in [0.3, 0.4) is 0 Å². The van der Waals surface area contributed by atoms with Gasteiger partial charge in [0, 0.05) is 56.2 Å². The second-order valence-electron chi connectivity index (χ2n) is 8.97. The molecule has 174 valence electrons. The van der Waals surface area contributed by atoms with Crippen molar-refractivity contribution in [2.24, 2.45) is 0 Å². The number of nitrogens with zero attached hydrogens (tertiary/aromatic N) is 6. The first kappa shape index (κ1) is 21.9. The summed E-state index contributed by atoms with van der Waals surface area (Å²) in [7, 11) is 0. The lowest BCUT2D eigenvalue weighted by Crippen LogP contribution is -2.54. The Labute approximate surface area is 195 Å². The number of hydrogen-bond acceptors (Lipinski definition) is 7. The van der Waals surface area contributed by atoms with Gasteiger partial charge in [0.25, 0.3) is 0 Å². The van der Waals surface area contributed by atoms with Gasteiger partial charge in [-0.1, -0.05) is 0 Å². The number of benzene rings is 1. The number of rotatable bonds is 3. The molecule has 1 aromatic carbocycles. The Morgan fingerprint density at radius 3 is 2.65 bits per heavy atom. The first-order valence-corrected chi connectivity index (χ1v) is 11.1. The minimum Gasteiger partial charge on any atom is -0.368 e. The molecular formula is C24H25FN8O. The average Bonchev–Trinajstić information content (AvgIpc) is 3.33. The van der Waals surface area contributed by atoms with Gasteiger partial charge in [-0.15, -0.1) is 5.10 Å². The SMILES string of the molecule is CC(=O)n1nc(Nc2cc(F)c3nc(C)cn3c2)c2c(C#N)cc(N3C[C@H](C)N[C@@H](C)C3)cc21. The molecule has 2 atom stereocenters. The van der Waals surface area contributed by atoms with Gasteiger partial charge in [-0.3, -0.25) is 4.79 Å². The molecule has 0 bridgehead atoms. The minimum atomic E-state index is -0.488. The monoisotopic (exact) mass is 460 g/mol. The van der Waals surface area contributed by atoms with Crippen molar-refractivity contribution in [2.75, 3.05) is 23.3 Å². The van der Waals surface area contributed by atoms with E-state index in [1.54, 1.807) is 23.7 Å². The molecule has 0 aliphatic carbocycles. The van der Waals surface area contributed by atoms with Crippen molar-refractivity contribution in [1.29, 1.82) is 5.26 Å². The van der Waals surface area contributed by atoms with Crippen LogP contribution in [0.1, 0.15) is 36.8 Å². The van der Waals surface area contributed by atoms with Gasteiger partial charge in [-0.05, 0) is 32.9 Å². The molecule has 9 nitrogen and oxygen atoms in total. The number of carbonyl (C=O) groups excluding carboxylic acids is 1. The molecule has 0 unspecified atom stereocenters. The van der Waals surface area contributed by atoms with Crippen molar-refractivity contribution in [2.45, 2.75) is 39.8 Å². The highest BCUT2D eigenvalue weighted by molar-refractivity contribution is 6.02. The third kappa shape index (κ3) is 3.74. The Kier molecular flexibility index (Phi) is 5.21. The molecule has 0 amide bonds. The van der Waals surface area contributed by atoms with Crippen molar-refractivity contribution < 1.29 is 9.18 Å². The van der Waals surface area contributed by atoms with Gasteiger partial charge in [0.1, 0.15) is 6.07 Å². The fraction of sp³-hybridized carbons (Fsp3) is 0.333. The standard InChI is InChI=1S/C24H25FN8O/c1-13-9-31(10-14(2)27-13)19-5-17(8-26)22-21(7-19)33(16(4)34)30-23(22)29-18-6-20(25)24-28-15(3)11-32(24)12-18/h5-7,11-14,27H,9-10H2,1-4H3,(H,29,30)/t13-,14-/m0/s1. The molecule has 4 heterocycles. The Hall–Kier alpha value is -3.97. The molecule has 2 N–H and O–H groups in total. The van der Waals surface area contributed by atoms with E-state index in [0.717, 1.165) is 18.8 Å². The van der Waals surface area contributed by atoms with E-state index in [0.29, 0.717) is 33.7 Å². The summed E-state index contributed by atoms with van der Waals surface area (Å²) in [6.07, 6.45) is 3.42. The topological polar surface area (TPSA) is 103 Å². The van der Waals surface area contributed by atoms with Gasteiger partial charge in [0.15, 0.2) is 17.3 Å². The van der Waals surface area contributed by atoms with E-state index < -0.39 is 5.82 Å². The summed E-state index contributed by atoms with van der Waals surface area (Å²) in [5.41, 5.74) is 3.13. The second kappa shape index (κ2) is 8.11. The molecule has 3 aromatic heterocycles. The van der Waals surface area contributed by atoms with Crippen LogP contribution in [0.25, 0.3) is 16.6 Å². The summed E-state index contributed by atoms with van der Waals surface area (Å²) >= 11 is 0. The van der Waals surface area contributed by atoms with E-state index in [2.05, 4.69) is 45.5 Å². The number of aryl methyl sites for hydroxylation is 1. The summed E-state index contributed by atoms with van der Waals surface area (Å²) in [5, 5.41) is 21.6. The van der Waals surface area contributed by atoms with Gasteiger partial charge >= 0.3 is 0 Å². The first-order valence-electron chi connectivity index (χ1n) is 11.1. The van der Waals surface area contributed by atoms with Crippen LogP contribution >= 0.6 is 0 Å². The molecule has 5 rings (SSSR count). The zero-order valence-electron chi connectivity index (χ0n) is 19.4. The highest BCUT2D eigenvalue weighted by Crippen LogP contribution is 2.34. The van der Waals surface area contributed by atoms with Crippen LogP contribution in [-0.4, -0.2) is 50.2 Å². The number of nitrogens with one attached hydrogen (secondary N) is 2. The lowest BCUT2D eigenvalue weighted by atomic mass is 10.1. The summed E-state index contributed by atoms with van der Waals surface area (Å²) < 4.78 is 17.5. The van der Waals surface area contributed by atoms with Crippen molar-refractivity contribution in [3.8, 4) is 6.07 Å². The second-order valence-corrected chi connectivity index (χ2v) is 8.97. The maximum absolute atomic E-state index is 14.6. The predicted octanol–water partition coefficient (Wildman–Crippen LogP) is 3.59. The van der Waals surface area contributed by atoms with Crippen molar-refractivity contribution >= 4 is 39.6 Å². The molecular weight excluding hydrogens is 435 g/mol. The van der Waals surface area contributed by atoms with Crippen molar-refractivity contribution in [3.63, 3.8) is 0 Å². The molecule has 34 heavy (non-hydrogen) atoms. The number of hydrogen-bond donors (Lipinski definition) is 2. The Morgan fingerprint density at radius 1 is 1.24 bits per heavy atom. The van der Waals surface area contributed by atoms with E-state index in [-0.39, 0.29) is 23.6 Å². The Bertz CT molecular complexity index is 1470.